The average Bonchev–Trinajstić information content (AvgIpc) is 2.73. The van der Waals surface area contributed by atoms with Crippen molar-refractivity contribution in [2.75, 3.05) is 13.7 Å². The molecule has 2 aromatic carbocycles. The summed E-state index contributed by atoms with van der Waals surface area (Å²) in [6, 6.07) is 18.6. The van der Waals surface area contributed by atoms with Crippen molar-refractivity contribution in [3.8, 4) is 11.5 Å². The molecule has 4 heteroatoms. The van der Waals surface area contributed by atoms with Gasteiger partial charge in [0.25, 0.3) is 0 Å². The predicted molar refractivity (Wildman–Crippen MR) is 106 cm³/mol. The molecule has 1 aromatic heterocycles. The van der Waals surface area contributed by atoms with Crippen LogP contribution in [0.1, 0.15) is 22.3 Å². The van der Waals surface area contributed by atoms with E-state index >= 15 is 0 Å². The van der Waals surface area contributed by atoms with Crippen molar-refractivity contribution >= 4 is 0 Å². The van der Waals surface area contributed by atoms with Crippen LogP contribution in [0, 0.1) is 0 Å². The van der Waals surface area contributed by atoms with Crippen LogP contribution in [-0.4, -0.2) is 23.5 Å². The SMILES string of the molecule is COc1cc2c(cc1OCc1ccccc1)CCN(Cc1cccnc1)C2. The van der Waals surface area contributed by atoms with Gasteiger partial charge < -0.3 is 9.47 Å². The fourth-order valence-electron chi connectivity index (χ4n) is 3.52. The lowest BCUT2D eigenvalue weighted by Crippen LogP contribution is -2.30. The second kappa shape index (κ2) is 8.23. The van der Waals surface area contributed by atoms with E-state index in [0.29, 0.717) is 6.61 Å². The fraction of sp³-hybridized carbons (Fsp3) is 0.261. The van der Waals surface area contributed by atoms with Crippen LogP contribution in [0.4, 0.5) is 0 Å². The summed E-state index contributed by atoms with van der Waals surface area (Å²) in [5.41, 5.74) is 5.06. The molecule has 27 heavy (non-hydrogen) atoms. The summed E-state index contributed by atoms with van der Waals surface area (Å²) in [7, 11) is 1.70. The molecular formula is C23H24N2O2. The van der Waals surface area contributed by atoms with Crippen molar-refractivity contribution in [3.63, 3.8) is 0 Å². The van der Waals surface area contributed by atoms with Gasteiger partial charge in [-0.1, -0.05) is 36.4 Å². The van der Waals surface area contributed by atoms with Gasteiger partial charge in [-0.2, -0.15) is 0 Å². The van der Waals surface area contributed by atoms with Crippen LogP contribution in [0.2, 0.25) is 0 Å². The first kappa shape index (κ1) is 17.6. The molecule has 138 valence electrons. The number of fused-ring (bicyclic) bond motifs is 1. The standard InChI is InChI=1S/C23H24N2O2/c1-26-22-13-21-16-25(15-19-8-5-10-24-14-19)11-9-20(21)12-23(22)27-17-18-6-3-2-4-7-18/h2-8,10,12-14H,9,11,15-17H2,1H3. The van der Waals surface area contributed by atoms with Gasteiger partial charge in [-0.3, -0.25) is 9.88 Å². The molecule has 4 nitrogen and oxygen atoms in total. The molecule has 0 bridgehead atoms. The Balaban J connectivity index is 1.48. The van der Waals surface area contributed by atoms with E-state index in [-0.39, 0.29) is 0 Å². The Morgan fingerprint density at radius 2 is 1.78 bits per heavy atom. The zero-order chi connectivity index (χ0) is 18.5. The smallest absolute Gasteiger partial charge is 0.161 e. The maximum atomic E-state index is 6.06. The van der Waals surface area contributed by atoms with Gasteiger partial charge in [0.1, 0.15) is 6.61 Å². The lowest BCUT2D eigenvalue weighted by Gasteiger charge is -2.29. The highest BCUT2D eigenvalue weighted by molar-refractivity contribution is 5.48. The normalized spacial score (nSPS) is 13.8. The molecule has 0 fully saturated rings. The Morgan fingerprint density at radius 1 is 0.963 bits per heavy atom. The van der Waals surface area contributed by atoms with Crippen molar-refractivity contribution in [3.05, 3.63) is 89.2 Å². The van der Waals surface area contributed by atoms with Gasteiger partial charge in [-0.25, -0.2) is 0 Å². The topological polar surface area (TPSA) is 34.6 Å². The van der Waals surface area contributed by atoms with Gasteiger partial charge in [-0.05, 0) is 46.9 Å². The van der Waals surface area contributed by atoms with Crippen LogP contribution >= 0.6 is 0 Å². The molecule has 0 saturated carbocycles. The van der Waals surface area contributed by atoms with Gasteiger partial charge in [0.2, 0.25) is 0 Å². The number of hydrogen-bond acceptors (Lipinski definition) is 4. The number of rotatable bonds is 6. The quantitative estimate of drug-likeness (QED) is 0.659. The zero-order valence-corrected chi connectivity index (χ0v) is 15.6. The van der Waals surface area contributed by atoms with E-state index in [2.05, 4.69) is 40.2 Å². The highest BCUT2D eigenvalue weighted by Crippen LogP contribution is 2.34. The number of aromatic nitrogens is 1. The van der Waals surface area contributed by atoms with Crippen molar-refractivity contribution in [1.82, 2.24) is 9.88 Å². The predicted octanol–water partition coefficient (Wildman–Crippen LogP) is 4.23. The third kappa shape index (κ3) is 4.29. The van der Waals surface area contributed by atoms with E-state index in [4.69, 9.17) is 9.47 Å². The summed E-state index contributed by atoms with van der Waals surface area (Å²) < 4.78 is 11.7. The number of hydrogen-bond donors (Lipinski definition) is 0. The Hall–Kier alpha value is -2.85. The highest BCUT2D eigenvalue weighted by atomic mass is 16.5. The van der Waals surface area contributed by atoms with E-state index < -0.39 is 0 Å². The Kier molecular flexibility index (Phi) is 5.35. The second-order valence-electron chi connectivity index (χ2n) is 6.87. The van der Waals surface area contributed by atoms with Gasteiger partial charge in [0.15, 0.2) is 11.5 Å². The summed E-state index contributed by atoms with van der Waals surface area (Å²) in [6.45, 7) is 3.41. The number of benzene rings is 2. The van der Waals surface area contributed by atoms with Crippen molar-refractivity contribution in [1.29, 1.82) is 0 Å². The molecule has 4 rings (SSSR count). The van der Waals surface area contributed by atoms with E-state index in [0.717, 1.165) is 43.1 Å². The minimum absolute atomic E-state index is 0.545. The first-order chi connectivity index (χ1) is 13.3. The third-order valence-corrected chi connectivity index (χ3v) is 4.94. The van der Waals surface area contributed by atoms with Gasteiger partial charge >= 0.3 is 0 Å². The largest absolute Gasteiger partial charge is 0.493 e. The molecule has 1 aliphatic heterocycles. The van der Waals surface area contributed by atoms with Crippen molar-refractivity contribution in [2.45, 2.75) is 26.1 Å². The minimum Gasteiger partial charge on any atom is -0.493 e. The van der Waals surface area contributed by atoms with Crippen LogP contribution in [0.5, 0.6) is 11.5 Å². The summed E-state index contributed by atoms with van der Waals surface area (Å²) in [5.74, 6) is 1.62. The van der Waals surface area contributed by atoms with Gasteiger partial charge in [-0.15, -0.1) is 0 Å². The first-order valence-electron chi connectivity index (χ1n) is 9.29. The molecule has 0 N–H and O–H groups in total. The third-order valence-electron chi connectivity index (χ3n) is 4.94. The Labute approximate surface area is 160 Å². The molecule has 0 atom stereocenters. The Bertz CT molecular complexity index is 882. The molecule has 0 amide bonds. The first-order valence-corrected chi connectivity index (χ1v) is 9.29. The molecule has 0 unspecified atom stereocenters. The monoisotopic (exact) mass is 360 g/mol. The number of ether oxygens (including phenoxy) is 2. The highest BCUT2D eigenvalue weighted by Gasteiger charge is 2.20. The number of nitrogens with zero attached hydrogens (tertiary/aromatic N) is 2. The van der Waals surface area contributed by atoms with E-state index in [1.807, 2.05) is 36.7 Å². The van der Waals surface area contributed by atoms with Crippen molar-refractivity contribution < 1.29 is 9.47 Å². The number of pyridine rings is 1. The maximum absolute atomic E-state index is 6.06. The second-order valence-corrected chi connectivity index (χ2v) is 6.87. The lowest BCUT2D eigenvalue weighted by atomic mass is 9.98. The summed E-state index contributed by atoms with van der Waals surface area (Å²) in [6.07, 6.45) is 4.77. The molecule has 0 spiro atoms. The van der Waals surface area contributed by atoms with Crippen LogP contribution in [0.15, 0.2) is 67.0 Å². The summed E-state index contributed by atoms with van der Waals surface area (Å²) in [5, 5.41) is 0. The molecule has 2 heterocycles. The van der Waals surface area contributed by atoms with Crippen molar-refractivity contribution in [2.24, 2.45) is 0 Å². The van der Waals surface area contributed by atoms with Gasteiger partial charge in [0, 0.05) is 32.0 Å². The lowest BCUT2D eigenvalue weighted by molar-refractivity contribution is 0.242. The fourth-order valence-corrected chi connectivity index (χ4v) is 3.52. The van der Waals surface area contributed by atoms with E-state index in [1.54, 1.807) is 7.11 Å². The average molecular weight is 360 g/mol. The van der Waals surface area contributed by atoms with Crippen LogP contribution in [0.25, 0.3) is 0 Å². The van der Waals surface area contributed by atoms with Gasteiger partial charge in [0.05, 0.1) is 7.11 Å². The zero-order valence-electron chi connectivity index (χ0n) is 15.6. The molecule has 0 saturated heterocycles. The van der Waals surface area contributed by atoms with Crippen LogP contribution in [0.3, 0.4) is 0 Å². The molecular weight excluding hydrogens is 336 g/mol. The van der Waals surface area contributed by atoms with Crippen LogP contribution < -0.4 is 9.47 Å². The summed E-state index contributed by atoms with van der Waals surface area (Å²) in [4.78, 5) is 6.66. The summed E-state index contributed by atoms with van der Waals surface area (Å²) >= 11 is 0. The van der Waals surface area contributed by atoms with E-state index in [1.165, 1.54) is 16.7 Å². The molecule has 1 aliphatic rings. The van der Waals surface area contributed by atoms with Crippen LogP contribution in [-0.2, 0) is 26.1 Å². The Morgan fingerprint density at radius 3 is 2.56 bits per heavy atom. The van der Waals surface area contributed by atoms with E-state index in [9.17, 15) is 0 Å². The molecule has 0 radical (unpaired) electrons. The molecule has 3 aromatic rings. The maximum Gasteiger partial charge on any atom is 0.161 e. The minimum atomic E-state index is 0.545. The number of methoxy groups -OCH3 is 1. The molecule has 0 aliphatic carbocycles.